The van der Waals surface area contributed by atoms with Gasteiger partial charge in [0.1, 0.15) is 0 Å². The molecule has 80 valence electrons. The third kappa shape index (κ3) is 3.09. The zero-order valence-corrected chi connectivity index (χ0v) is 8.74. The van der Waals surface area contributed by atoms with E-state index in [0.29, 0.717) is 5.56 Å². The van der Waals surface area contributed by atoms with E-state index in [1.807, 2.05) is 19.1 Å². The Morgan fingerprint density at radius 3 is 2.60 bits per heavy atom. The molecule has 1 aromatic carbocycles. The van der Waals surface area contributed by atoms with Crippen LogP contribution in [0.2, 0.25) is 0 Å². The first-order valence-corrected chi connectivity index (χ1v) is 4.58. The summed E-state index contributed by atoms with van der Waals surface area (Å²) in [5.41, 5.74) is 1.32. The van der Waals surface area contributed by atoms with Gasteiger partial charge in [0.05, 0.1) is 5.56 Å². The first-order valence-electron chi connectivity index (χ1n) is 4.58. The molecule has 1 amide bonds. The van der Waals surface area contributed by atoms with Gasteiger partial charge in [0.25, 0.3) is 5.91 Å². The van der Waals surface area contributed by atoms with E-state index in [2.05, 4.69) is 5.32 Å². The first-order chi connectivity index (χ1) is 7.15. The van der Waals surface area contributed by atoms with E-state index in [1.54, 1.807) is 12.1 Å². The molecule has 0 aliphatic heterocycles. The third-order valence-corrected chi connectivity index (χ3v) is 1.98. The summed E-state index contributed by atoms with van der Waals surface area (Å²) in [4.78, 5) is 22.3. The normalized spacial score (nSPS) is 9.47. The number of amides is 1. The quantitative estimate of drug-likeness (QED) is 0.749. The van der Waals surface area contributed by atoms with Crippen molar-refractivity contribution in [3.05, 3.63) is 35.4 Å². The molecule has 1 aromatic rings. The fourth-order valence-electron chi connectivity index (χ4n) is 1.08. The van der Waals surface area contributed by atoms with Crippen LogP contribution in [0.25, 0.3) is 0 Å². The van der Waals surface area contributed by atoms with E-state index >= 15 is 0 Å². The summed E-state index contributed by atoms with van der Waals surface area (Å²) in [6, 6.07) is 7.08. The number of hydrogen-bond donors (Lipinski definition) is 1. The molecule has 4 heteroatoms. The molecule has 0 unspecified atom stereocenters. The van der Waals surface area contributed by atoms with Crippen molar-refractivity contribution in [1.29, 1.82) is 0 Å². The van der Waals surface area contributed by atoms with Crippen LogP contribution in [0.5, 0.6) is 0 Å². The van der Waals surface area contributed by atoms with Crippen LogP contribution in [0.15, 0.2) is 24.3 Å². The number of nitrogens with one attached hydrogen (secondary N) is 1. The summed E-state index contributed by atoms with van der Waals surface area (Å²) >= 11 is 0. The van der Waals surface area contributed by atoms with E-state index in [0.717, 1.165) is 5.56 Å². The standard InChI is InChI=1S/C11H13NO3/c1-8-5-3-4-6-9(8)11(14)15-7-10(13)12-2/h3-6H,7H2,1-2H3,(H,12,13). The van der Waals surface area contributed by atoms with Crippen molar-refractivity contribution in [1.82, 2.24) is 5.32 Å². The molecule has 4 nitrogen and oxygen atoms in total. The van der Waals surface area contributed by atoms with Crippen LogP contribution < -0.4 is 5.32 Å². The predicted octanol–water partition coefficient (Wildman–Crippen LogP) is 0.898. The van der Waals surface area contributed by atoms with E-state index < -0.39 is 5.97 Å². The van der Waals surface area contributed by atoms with Crippen LogP contribution in [0.1, 0.15) is 15.9 Å². The molecule has 15 heavy (non-hydrogen) atoms. The number of aryl methyl sites for hydroxylation is 1. The lowest BCUT2D eigenvalue weighted by molar-refractivity contribution is -0.123. The molecular formula is C11H13NO3. The molecule has 0 saturated carbocycles. The van der Waals surface area contributed by atoms with Crippen LogP contribution in [0.3, 0.4) is 0 Å². The van der Waals surface area contributed by atoms with Gasteiger partial charge in [-0.05, 0) is 18.6 Å². The van der Waals surface area contributed by atoms with Gasteiger partial charge in [-0.15, -0.1) is 0 Å². The largest absolute Gasteiger partial charge is 0.452 e. The van der Waals surface area contributed by atoms with Crippen molar-refractivity contribution < 1.29 is 14.3 Å². The number of ether oxygens (including phenoxy) is 1. The SMILES string of the molecule is CNC(=O)COC(=O)c1ccccc1C. The van der Waals surface area contributed by atoms with Gasteiger partial charge in [-0.3, -0.25) is 4.79 Å². The lowest BCUT2D eigenvalue weighted by atomic mass is 10.1. The minimum atomic E-state index is -0.475. The third-order valence-electron chi connectivity index (χ3n) is 1.98. The summed E-state index contributed by atoms with van der Waals surface area (Å²) in [5.74, 6) is -0.798. The molecule has 0 fully saturated rings. The molecular weight excluding hydrogens is 194 g/mol. The van der Waals surface area contributed by atoms with E-state index in [9.17, 15) is 9.59 Å². The highest BCUT2D eigenvalue weighted by atomic mass is 16.5. The maximum absolute atomic E-state index is 11.5. The van der Waals surface area contributed by atoms with Gasteiger partial charge in [-0.1, -0.05) is 18.2 Å². The minimum Gasteiger partial charge on any atom is -0.452 e. The Bertz CT molecular complexity index is 374. The van der Waals surface area contributed by atoms with Crippen molar-refractivity contribution >= 4 is 11.9 Å². The summed E-state index contributed by atoms with van der Waals surface area (Å²) in [7, 11) is 1.49. The second-order valence-electron chi connectivity index (χ2n) is 3.06. The highest BCUT2D eigenvalue weighted by molar-refractivity contribution is 5.92. The highest BCUT2D eigenvalue weighted by Gasteiger charge is 2.10. The minimum absolute atomic E-state index is 0.246. The summed E-state index contributed by atoms with van der Waals surface area (Å²) in [6.07, 6.45) is 0. The number of hydrogen-bond acceptors (Lipinski definition) is 3. The van der Waals surface area contributed by atoms with E-state index in [-0.39, 0.29) is 12.5 Å². The molecule has 0 radical (unpaired) electrons. The number of benzene rings is 1. The molecule has 0 spiro atoms. The molecule has 1 N–H and O–H groups in total. The number of likely N-dealkylation sites (N-methyl/N-ethyl adjacent to an activating group) is 1. The Morgan fingerprint density at radius 1 is 1.33 bits per heavy atom. The van der Waals surface area contributed by atoms with Gasteiger partial charge in [0.2, 0.25) is 0 Å². The number of carbonyl (C=O) groups is 2. The van der Waals surface area contributed by atoms with Crippen molar-refractivity contribution in [3.8, 4) is 0 Å². The molecule has 0 atom stereocenters. The van der Waals surface area contributed by atoms with Crippen LogP contribution in [0, 0.1) is 6.92 Å². The lowest BCUT2D eigenvalue weighted by Gasteiger charge is -2.05. The van der Waals surface area contributed by atoms with Gasteiger partial charge in [0, 0.05) is 7.05 Å². The molecule has 0 aromatic heterocycles. The second kappa shape index (κ2) is 5.14. The molecule has 0 heterocycles. The zero-order valence-electron chi connectivity index (χ0n) is 8.74. The van der Waals surface area contributed by atoms with Crippen molar-refractivity contribution in [2.75, 3.05) is 13.7 Å². The van der Waals surface area contributed by atoms with Gasteiger partial charge in [-0.2, -0.15) is 0 Å². The Morgan fingerprint density at radius 2 is 2.00 bits per heavy atom. The monoisotopic (exact) mass is 207 g/mol. The van der Waals surface area contributed by atoms with Gasteiger partial charge in [0.15, 0.2) is 6.61 Å². The smallest absolute Gasteiger partial charge is 0.338 e. The van der Waals surface area contributed by atoms with Crippen LogP contribution in [-0.4, -0.2) is 25.5 Å². The summed E-state index contributed by atoms with van der Waals surface area (Å²) < 4.78 is 4.81. The Hall–Kier alpha value is -1.84. The fraction of sp³-hybridized carbons (Fsp3) is 0.273. The van der Waals surface area contributed by atoms with Gasteiger partial charge < -0.3 is 10.1 Å². The van der Waals surface area contributed by atoms with E-state index in [4.69, 9.17) is 4.74 Å². The Balaban J connectivity index is 2.62. The van der Waals surface area contributed by atoms with Crippen molar-refractivity contribution in [2.24, 2.45) is 0 Å². The predicted molar refractivity (Wildman–Crippen MR) is 55.5 cm³/mol. The summed E-state index contributed by atoms with van der Waals surface area (Å²) in [6.45, 7) is 1.57. The average molecular weight is 207 g/mol. The number of rotatable bonds is 3. The zero-order chi connectivity index (χ0) is 11.3. The van der Waals surface area contributed by atoms with Crippen molar-refractivity contribution in [2.45, 2.75) is 6.92 Å². The van der Waals surface area contributed by atoms with E-state index in [1.165, 1.54) is 7.05 Å². The number of carbonyl (C=O) groups excluding carboxylic acids is 2. The van der Waals surface area contributed by atoms with Gasteiger partial charge in [-0.25, -0.2) is 4.79 Å². The molecule has 0 aliphatic rings. The fourth-order valence-corrected chi connectivity index (χ4v) is 1.08. The Kier molecular flexibility index (Phi) is 3.85. The molecule has 1 rings (SSSR count). The maximum atomic E-state index is 11.5. The van der Waals surface area contributed by atoms with Crippen molar-refractivity contribution in [3.63, 3.8) is 0 Å². The topological polar surface area (TPSA) is 55.4 Å². The number of esters is 1. The molecule has 0 aliphatic carbocycles. The Labute approximate surface area is 88.2 Å². The van der Waals surface area contributed by atoms with Gasteiger partial charge >= 0.3 is 5.97 Å². The maximum Gasteiger partial charge on any atom is 0.338 e. The van der Waals surface area contributed by atoms with Crippen LogP contribution >= 0.6 is 0 Å². The van der Waals surface area contributed by atoms with Crippen LogP contribution in [0.4, 0.5) is 0 Å². The highest BCUT2D eigenvalue weighted by Crippen LogP contribution is 2.08. The molecule has 0 bridgehead atoms. The summed E-state index contributed by atoms with van der Waals surface area (Å²) in [5, 5.41) is 2.37. The van der Waals surface area contributed by atoms with Crippen LogP contribution in [-0.2, 0) is 9.53 Å². The molecule has 0 saturated heterocycles. The second-order valence-corrected chi connectivity index (χ2v) is 3.06. The lowest BCUT2D eigenvalue weighted by Crippen LogP contribution is -2.25. The first kappa shape index (κ1) is 11.2. The average Bonchev–Trinajstić information content (AvgIpc) is 2.26.